The number of carbonyl (C=O) groups is 1. The summed E-state index contributed by atoms with van der Waals surface area (Å²) in [6.45, 7) is 4.36. The molecule has 0 atom stereocenters. The lowest BCUT2D eigenvalue weighted by atomic mass is 10.0. The van der Waals surface area contributed by atoms with Crippen molar-refractivity contribution in [2.24, 2.45) is 0 Å². The lowest BCUT2D eigenvalue weighted by molar-refractivity contribution is -0.119. The summed E-state index contributed by atoms with van der Waals surface area (Å²) < 4.78 is 0. The predicted octanol–water partition coefficient (Wildman–Crippen LogP) is 6.45. The fourth-order valence-corrected chi connectivity index (χ4v) is 2.57. The molecule has 0 rings (SSSR count). The molecule has 0 N–H and O–H groups in total. The topological polar surface area (TPSA) is 17.1 Å². The Morgan fingerprint density at radius 1 is 0.526 bits per heavy atom. The highest BCUT2D eigenvalue weighted by Crippen LogP contribution is 2.12. The van der Waals surface area contributed by atoms with Crippen molar-refractivity contribution in [1.29, 1.82) is 0 Å². The summed E-state index contributed by atoms with van der Waals surface area (Å²) in [4.78, 5) is 11.3. The molecule has 19 heavy (non-hydrogen) atoms. The van der Waals surface area contributed by atoms with Crippen LogP contribution in [0.5, 0.6) is 0 Å². The van der Waals surface area contributed by atoms with E-state index in [-0.39, 0.29) is 0 Å². The van der Waals surface area contributed by atoms with Gasteiger partial charge in [-0.3, -0.25) is 4.79 Å². The molecular formula is C18H36O. The van der Waals surface area contributed by atoms with E-state index in [1.54, 1.807) is 0 Å². The molecule has 1 heteroatoms. The van der Waals surface area contributed by atoms with Crippen LogP contribution in [0, 0.1) is 0 Å². The van der Waals surface area contributed by atoms with Gasteiger partial charge in [-0.1, -0.05) is 84.5 Å². The summed E-state index contributed by atoms with van der Waals surface area (Å²) in [6.07, 6.45) is 19.0. The third-order valence-corrected chi connectivity index (χ3v) is 3.84. The lowest BCUT2D eigenvalue weighted by Gasteiger charge is -2.02. The average Bonchev–Trinajstić information content (AvgIpc) is 2.40. The van der Waals surface area contributed by atoms with Gasteiger partial charge in [0.15, 0.2) is 0 Å². The number of Topliss-reactive ketones (excluding diaryl/α,β-unsaturated/α-hetero) is 1. The molecule has 114 valence electrons. The molecule has 0 amide bonds. The Morgan fingerprint density at radius 2 is 0.947 bits per heavy atom. The third kappa shape index (κ3) is 15.6. The molecule has 0 heterocycles. The number of carbonyl (C=O) groups excluding carboxylic acids is 1. The fraction of sp³-hybridized carbons (Fsp3) is 0.944. The molecule has 1 nitrogen and oxygen atoms in total. The molecule has 0 aliphatic carbocycles. The third-order valence-electron chi connectivity index (χ3n) is 3.84. The summed E-state index contributed by atoms with van der Waals surface area (Å²) in [7, 11) is 0. The van der Waals surface area contributed by atoms with Crippen LogP contribution in [0.1, 0.15) is 110 Å². The number of hydrogen-bond acceptors (Lipinski definition) is 1. The van der Waals surface area contributed by atoms with Crippen LogP contribution in [0.15, 0.2) is 0 Å². The van der Waals surface area contributed by atoms with E-state index in [4.69, 9.17) is 0 Å². The highest BCUT2D eigenvalue weighted by Gasteiger charge is 1.99. The van der Waals surface area contributed by atoms with E-state index in [2.05, 4.69) is 13.8 Å². The highest BCUT2D eigenvalue weighted by molar-refractivity contribution is 5.78. The van der Waals surface area contributed by atoms with E-state index < -0.39 is 0 Å². The molecule has 0 fully saturated rings. The Bertz CT molecular complexity index is 186. The number of ketones is 1. The van der Waals surface area contributed by atoms with Crippen LogP contribution in [-0.4, -0.2) is 5.78 Å². The van der Waals surface area contributed by atoms with Crippen molar-refractivity contribution in [1.82, 2.24) is 0 Å². The first-order valence-corrected chi connectivity index (χ1v) is 8.83. The molecule has 0 bridgehead atoms. The first kappa shape index (κ1) is 18.7. The Morgan fingerprint density at radius 3 is 1.37 bits per heavy atom. The standard InChI is InChI=1S/C18H36O/c1-3-5-6-7-8-9-10-11-12-13-14-15-17-18(19)16-4-2/h3-17H2,1-2H3. The lowest BCUT2D eigenvalue weighted by Crippen LogP contribution is -1.96. The minimum absolute atomic E-state index is 0.467. The molecule has 0 aliphatic rings. The zero-order valence-electron chi connectivity index (χ0n) is 13.5. The maximum Gasteiger partial charge on any atom is 0.132 e. The normalized spacial score (nSPS) is 10.8. The van der Waals surface area contributed by atoms with Crippen LogP contribution in [0.2, 0.25) is 0 Å². The second-order valence-corrected chi connectivity index (χ2v) is 5.93. The minimum atomic E-state index is 0.467. The number of unbranched alkanes of at least 4 members (excludes halogenated alkanes) is 11. The van der Waals surface area contributed by atoms with Gasteiger partial charge in [0.1, 0.15) is 5.78 Å². The van der Waals surface area contributed by atoms with Gasteiger partial charge < -0.3 is 0 Å². The van der Waals surface area contributed by atoms with E-state index >= 15 is 0 Å². The molecule has 0 aromatic rings. The van der Waals surface area contributed by atoms with Crippen LogP contribution < -0.4 is 0 Å². The van der Waals surface area contributed by atoms with Gasteiger partial charge in [-0.25, -0.2) is 0 Å². The largest absolute Gasteiger partial charge is 0.300 e. The van der Waals surface area contributed by atoms with Crippen molar-refractivity contribution in [2.75, 3.05) is 0 Å². The number of rotatable bonds is 15. The van der Waals surface area contributed by atoms with E-state index in [0.29, 0.717) is 5.78 Å². The maximum atomic E-state index is 11.3. The Hall–Kier alpha value is -0.330. The Balaban J connectivity index is 3.01. The summed E-state index contributed by atoms with van der Waals surface area (Å²) in [5, 5.41) is 0. The van der Waals surface area contributed by atoms with Gasteiger partial charge in [-0.2, -0.15) is 0 Å². The van der Waals surface area contributed by atoms with Crippen LogP contribution >= 0.6 is 0 Å². The van der Waals surface area contributed by atoms with Crippen molar-refractivity contribution >= 4 is 5.78 Å². The summed E-state index contributed by atoms with van der Waals surface area (Å²) in [6, 6.07) is 0. The Labute approximate surface area is 121 Å². The summed E-state index contributed by atoms with van der Waals surface area (Å²) in [5.74, 6) is 0.467. The van der Waals surface area contributed by atoms with Crippen molar-refractivity contribution in [3.63, 3.8) is 0 Å². The molecule has 0 saturated heterocycles. The smallest absolute Gasteiger partial charge is 0.132 e. The monoisotopic (exact) mass is 268 g/mol. The van der Waals surface area contributed by atoms with Crippen molar-refractivity contribution in [3.05, 3.63) is 0 Å². The molecule has 0 aromatic carbocycles. The summed E-state index contributed by atoms with van der Waals surface area (Å²) >= 11 is 0. The number of hydrogen-bond donors (Lipinski definition) is 0. The van der Waals surface area contributed by atoms with Crippen LogP contribution in [0.25, 0.3) is 0 Å². The summed E-state index contributed by atoms with van der Waals surface area (Å²) in [5.41, 5.74) is 0. The van der Waals surface area contributed by atoms with Gasteiger partial charge in [0.2, 0.25) is 0 Å². The maximum absolute atomic E-state index is 11.3. The molecule has 0 saturated carbocycles. The predicted molar refractivity (Wildman–Crippen MR) is 85.6 cm³/mol. The van der Waals surface area contributed by atoms with Crippen molar-refractivity contribution < 1.29 is 4.79 Å². The second kappa shape index (κ2) is 15.7. The van der Waals surface area contributed by atoms with E-state index in [1.807, 2.05) is 0 Å². The first-order chi connectivity index (χ1) is 9.31. The van der Waals surface area contributed by atoms with Gasteiger partial charge in [-0.15, -0.1) is 0 Å². The molecule has 0 spiro atoms. The van der Waals surface area contributed by atoms with Crippen molar-refractivity contribution in [3.8, 4) is 0 Å². The zero-order chi connectivity index (χ0) is 14.2. The van der Waals surface area contributed by atoms with E-state index in [0.717, 1.165) is 25.7 Å². The van der Waals surface area contributed by atoms with E-state index in [9.17, 15) is 4.79 Å². The highest BCUT2D eigenvalue weighted by atomic mass is 16.1. The zero-order valence-corrected chi connectivity index (χ0v) is 13.5. The van der Waals surface area contributed by atoms with Crippen LogP contribution in [0.4, 0.5) is 0 Å². The van der Waals surface area contributed by atoms with Crippen molar-refractivity contribution in [2.45, 2.75) is 110 Å². The van der Waals surface area contributed by atoms with Crippen LogP contribution in [0.3, 0.4) is 0 Å². The average molecular weight is 268 g/mol. The first-order valence-electron chi connectivity index (χ1n) is 8.83. The fourth-order valence-electron chi connectivity index (χ4n) is 2.57. The Kier molecular flexibility index (Phi) is 15.5. The van der Waals surface area contributed by atoms with E-state index in [1.165, 1.54) is 70.6 Å². The van der Waals surface area contributed by atoms with Crippen LogP contribution in [-0.2, 0) is 4.79 Å². The molecule has 0 aliphatic heterocycles. The molecule has 0 radical (unpaired) electrons. The SMILES string of the molecule is CCCCCCCCCCCCCCC(=O)CCC. The van der Waals surface area contributed by atoms with Gasteiger partial charge in [-0.05, 0) is 12.8 Å². The second-order valence-electron chi connectivity index (χ2n) is 5.93. The molecule has 0 unspecified atom stereocenters. The van der Waals surface area contributed by atoms with Gasteiger partial charge >= 0.3 is 0 Å². The molecular weight excluding hydrogens is 232 g/mol. The quantitative estimate of drug-likeness (QED) is 0.312. The van der Waals surface area contributed by atoms with Gasteiger partial charge in [0.05, 0.1) is 0 Å². The van der Waals surface area contributed by atoms with Gasteiger partial charge in [0.25, 0.3) is 0 Å². The molecule has 0 aromatic heterocycles. The minimum Gasteiger partial charge on any atom is -0.300 e. The van der Waals surface area contributed by atoms with Gasteiger partial charge in [0, 0.05) is 12.8 Å².